The van der Waals surface area contributed by atoms with Gasteiger partial charge < -0.3 is 10.4 Å². The summed E-state index contributed by atoms with van der Waals surface area (Å²) in [5.74, 6) is -0.981. The van der Waals surface area contributed by atoms with E-state index >= 15 is 0 Å². The summed E-state index contributed by atoms with van der Waals surface area (Å²) in [7, 11) is 0. The first-order valence-corrected chi connectivity index (χ1v) is 9.50. The third kappa shape index (κ3) is 5.08. The van der Waals surface area contributed by atoms with Crippen molar-refractivity contribution in [2.24, 2.45) is 0 Å². The molecule has 8 heteroatoms. The van der Waals surface area contributed by atoms with Crippen LogP contribution in [-0.2, 0) is 9.59 Å². The van der Waals surface area contributed by atoms with Crippen LogP contribution in [-0.4, -0.2) is 43.0 Å². The maximum Gasteiger partial charge on any atom is 0.305 e. The van der Waals surface area contributed by atoms with E-state index in [4.69, 9.17) is 5.11 Å². The van der Waals surface area contributed by atoms with Gasteiger partial charge in [0.2, 0.25) is 5.91 Å². The number of nitrogens with zero attached hydrogens (tertiary/aromatic N) is 3. The van der Waals surface area contributed by atoms with E-state index in [9.17, 15) is 9.59 Å². The molecular formula is C18H24N4O3S. The Hall–Kier alpha value is -2.35. The van der Waals surface area contributed by atoms with Gasteiger partial charge in [-0.15, -0.1) is 10.2 Å². The van der Waals surface area contributed by atoms with E-state index in [0.717, 1.165) is 11.3 Å². The van der Waals surface area contributed by atoms with Gasteiger partial charge in [0, 0.05) is 11.2 Å². The lowest BCUT2D eigenvalue weighted by Crippen LogP contribution is -2.49. The predicted octanol–water partition coefficient (Wildman–Crippen LogP) is 2.82. The summed E-state index contributed by atoms with van der Waals surface area (Å²) < 4.78 is 1.82. The van der Waals surface area contributed by atoms with Crippen LogP contribution in [0.1, 0.15) is 38.7 Å². The van der Waals surface area contributed by atoms with E-state index in [1.165, 1.54) is 11.8 Å². The molecule has 1 amide bonds. The van der Waals surface area contributed by atoms with Crippen LogP contribution in [0.2, 0.25) is 0 Å². The number of carbonyl (C=O) groups excluding carboxylic acids is 1. The summed E-state index contributed by atoms with van der Waals surface area (Å²) in [5.41, 5.74) is 1.36. The molecular weight excluding hydrogens is 352 g/mol. The average molecular weight is 376 g/mol. The van der Waals surface area contributed by atoms with Crippen LogP contribution in [0, 0.1) is 6.92 Å². The third-order valence-electron chi connectivity index (χ3n) is 4.41. The lowest BCUT2D eigenvalue weighted by atomic mass is 9.89. The van der Waals surface area contributed by atoms with Gasteiger partial charge in [-0.3, -0.25) is 14.2 Å². The molecule has 7 nitrogen and oxygen atoms in total. The zero-order valence-electron chi connectivity index (χ0n) is 15.2. The highest BCUT2D eigenvalue weighted by Crippen LogP contribution is 2.22. The molecule has 2 N–H and O–H groups in total. The Morgan fingerprint density at radius 1 is 1.23 bits per heavy atom. The van der Waals surface area contributed by atoms with Crippen molar-refractivity contribution < 1.29 is 14.7 Å². The molecule has 0 aliphatic carbocycles. The Morgan fingerprint density at radius 2 is 1.88 bits per heavy atom. The van der Waals surface area contributed by atoms with Gasteiger partial charge in [-0.25, -0.2) is 0 Å². The molecule has 0 atom stereocenters. The van der Waals surface area contributed by atoms with Gasteiger partial charge in [0.1, 0.15) is 6.33 Å². The standard InChI is InChI=1S/C18H24N4O3S/c1-4-18(5-2,10-16(24)25)20-15(23)11-26-17-21-19-12-22(17)14-8-6-13(3)7-9-14/h6-9,12H,4-5,10-11H2,1-3H3,(H,20,23)(H,24,25). The fraction of sp³-hybridized carbons (Fsp3) is 0.444. The number of nitrogens with one attached hydrogen (secondary N) is 1. The van der Waals surface area contributed by atoms with E-state index < -0.39 is 11.5 Å². The summed E-state index contributed by atoms with van der Waals surface area (Å²) >= 11 is 1.27. The van der Waals surface area contributed by atoms with Crippen molar-refractivity contribution >= 4 is 23.6 Å². The second-order valence-electron chi connectivity index (χ2n) is 6.21. The minimum atomic E-state index is -0.916. The van der Waals surface area contributed by atoms with Crippen LogP contribution in [0.15, 0.2) is 35.7 Å². The van der Waals surface area contributed by atoms with Gasteiger partial charge in [0.05, 0.1) is 12.2 Å². The zero-order valence-corrected chi connectivity index (χ0v) is 16.0. The lowest BCUT2D eigenvalue weighted by molar-refractivity contribution is -0.139. The molecule has 26 heavy (non-hydrogen) atoms. The van der Waals surface area contributed by atoms with Crippen molar-refractivity contribution in [3.05, 3.63) is 36.2 Å². The van der Waals surface area contributed by atoms with E-state index in [1.54, 1.807) is 6.33 Å². The molecule has 0 unspecified atom stereocenters. The highest BCUT2D eigenvalue weighted by molar-refractivity contribution is 7.99. The molecule has 0 aliphatic heterocycles. The SMILES string of the molecule is CCC(CC)(CC(=O)O)NC(=O)CSc1nncn1-c1ccc(C)cc1. The third-order valence-corrected chi connectivity index (χ3v) is 5.35. The van der Waals surface area contributed by atoms with E-state index in [0.29, 0.717) is 18.0 Å². The second-order valence-corrected chi connectivity index (χ2v) is 7.16. The van der Waals surface area contributed by atoms with Crippen molar-refractivity contribution in [2.75, 3.05) is 5.75 Å². The first-order valence-electron chi connectivity index (χ1n) is 8.52. The van der Waals surface area contributed by atoms with Crippen LogP contribution < -0.4 is 5.32 Å². The summed E-state index contributed by atoms with van der Waals surface area (Å²) in [6, 6.07) is 7.93. The molecule has 0 saturated heterocycles. The molecule has 1 aromatic heterocycles. The fourth-order valence-electron chi connectivity index (χ4n) is 2.68. The van der Waals surface area contributed by atoms with E-state index in [1.807, 2.05) is 49.6 Å². The topological polar surface area (TPSA) is 97.1 Å². The molecule has 0 fully saturated rings. The monoisotopic (exact) mass is 376 g/mol. The van der Waals surface area contributed by atoms with Crippen LogP contribution in [0.3, 0.4) is 0 Å². The number of thioether (sulfide) groups is 1. The smallest absolute Gasteiger partial charge is 0.305 e. The molecule has 2 aromatic rings. The summed E-state index contributed by atoms with van der Waals surface area (Å²) in [5, 5.41) is 20.6. The number of hydrogen-bond donors (Lipinski definition) is 2. The maximum atomic E-state index is 12.4. The summed E-state index contributed by atoms with van der Waals surface area (Å²) in [6.45, 7) is 5.78. The van der Waals surface area contributed by atoms with Crippen LogP contribution >= 0.6 is 11.8 Å². The largest absolute Gasteiger partial charge is 0.481 e. The van der Waals surface area contributed by atoms with Crippen LogP contribution in [0.25, 0.3) is 5.69 Å². The highest BCUT2D eigenvalue weighted by atomic mass is 32.2. The number of carboxylic acids is 1. The molecule has 0 aliphatic rings. The van der Waals surface area contributed by atoms with Gasteiger partial charge in [0.15, 0.2) is 5.16 Å². The summed E-state index contributed by atoms with van der Waals surface area (Å²) in [4.78, 5) is 23.5. The molecule has 0 radical (unpaired) electrons. The molecule has 0 saturated carbocycles. The number of rotatable bonds is 9. The first kappa shape index (κ1) is 20.0. The average Bonchev–Trinajstić information content (AvgIpc) is 3.08. The number of amides is 1. The lowest BCUT2D eigenvalue weighted by Gasteiger charge is -2.31. The molecule has 0 spiro atoms. The summed E-state index contributed by atoms with van der Waals surface area (Å²) in [6.07, 6.45) is 2.64. The van der Waals surface area contributed by atoms with Gasteiger partial charge >= 0.3 is 5.97 Å². The maximum absolute atomic E-state index is 12.4. The fourth-order valence-corrected chi connectivity index (χ4v) is 3.41. The van der Waals surface area contributed by atoms with Crippen molar-refractivity contribution in [3.63, 3.8) is 0 Å². The molecule has 0 bridgehead atoms. The Kier molecular flexibility index (Phi) is 6.79. The van der Waals surface area contributed by atoms with Gasteiger partial charge in [0.25, 0.3) is 0 Å². The number of hydrogen-bond acceptors (Lipinski definition) is 5. The minimum Gasteiger partial charge on any atom is -0.481 e. The van der Waals surface area contributed by atoms with E-state index in [-0.39, 0.29) is 18.1 Å². The highest BCUT2D eigenvalue weighted by Gasteiger charge is 2.31. The Bertz CT molecular complexity index is 754. The molecule has 1 heterocycles. The van der Waals surface area contributed by atoms with Crippen molar-refractivity contribution in [2.45, 2.75) is 50.7 Å². The number of carboxylic acid groups (broad SMARTS) is 1. The second kappa shape index (κ2) is 8.84. The normalized spacial score (nSPS) is 11.3. The number of carbonyl (C=O) groups is 2. The quantitative estimate of drug-likeness (QED) is 0.653. The number of aryl methyl sites for hydroxylation is 1. The molecule has 2 rings (SSSR count). The van der Waals surface area contributed by atoms with Gasteiger partial charge in [-0.1, -0.05) is 43.3 Å². The van der Waals surface area contributed by atoms with Gasteiger partial charge in [-0.2, -0.15) is 0 Å². The van der Waals surface area contributed by atoms with Crippen molar-refractivity contribution in [1.29, 1.82) is 0 Å². The number of aromatic nitrogens is 3. The first-order chi connectivity index (χ1) is 12.4. The van der Waals surface area contributed by atoms with Crippen molar-refractivity contribution in [1.82, 2.24) is 20.1 Å². The Balaban J connectivity index is 2.03. The zero-order chi connectivity index (χ0) is 19.2. The minimum absolute atomic E-state index is 0.0873. The Labute approximate surface area is 157 Å². The number of benzene rings is 1. The van der Waals surface area contributed by atoms with E-state index in [2.05, 4.69) is 15.5 Å². The molecule has 1 aromatic carbocycles. The van der Waals surface area contributed by atoms with Crippen LogP contribution in [0.4, 0.5) is 0 Å². The van der Waals surface area contributed by atoms with Crippen molar-refractivity contribution in [3.8, 4) is 5.69 Å². The Morgan fingerprint density at radius 3 is 2.46 bits per heavy atom. The number of aliphatic carboxylic acids is 1. The predicted molar refractivity (Wildman–Crippen MR) is 101 cm³/mol. The molecule has 140 valence electrons. The van der Waals surface area contributed by atoms with Gasteiger partial charge in [-0.05, 0) is 31.9 Å². The van der Waals surface area contributed by atoms with Crippen LogP contribution in [0.5, 0.6) is 0 Å².